The van der Waals surface area contributed by atoms with E-state index in [1.54, 1.807) is 30.9 Å². The number of esters is 1. The lowest BCUT2D eigenvalue weighted by Gasteiger charge is -2.33. The Morgan fingerprint density at radius 1 is 1.52 bits per heavy atom. The molecule has 124 valence electrons. The van der Waals surface area contributed by atoms with Crippen LogP contribution in [0.25, 0.3) is 5.52 Å². The predicted octanol–water partition coefficient (Wildman–Crippen LogP) is 1.85. The summed E-state index contributed by atoms with van der Waals surface area (Å²) in [5.74, 6) is 0.303. The van der Waals surface area contributed by atoms with Gasteiger partial charge in [-0.15, -0.1) is 0 Å². The molecule has 3 rings (SSSR count). The van der Waals surface area contributed by atoms with Crippen LogP contribution in [-0.4, -0.2) is 59.2 Å². The lowest BCUT2D eigenvalue weighted by atomic mass is 10.2. The summed E-state index contributed by atoms with van der Waals surface area (Å²) >= 11 is 0. The Morgan fingerprint density at radius 3 is 3.22 bits per heavy atom. The summed E-state index contributed by atoms with van der Waals surface area (Å²) in [5.41, 5.74) is 1.41. The number of fused-ring (bicyclic) bond motifs is 1. The zero-order valence-electron chi connectivity index (χ0n) is 13.6. The minimum Gasteiger partial charge on any atom is -0.459 e. The van der Waals surface area contributed by atoms with Crippen molar-refractivity contribution in [3.8, 4) is 0 Å². The number of carbonyl (C=O) groups excluding carboxylic acids is 1. The van der Waals surface area contributed by atoms with E-state index in [4.69, 9.17) is 9.47 Å². The first-order valence-corrected chi connectivity index (χ1v) is 8.04. The Labute approximate surface area is 136 Å². The van der Waals surface area contributed by atoms with Gasteiger partial charge >= 0.3 is 5.97 Å². The SMILES string of the molecule is CC(C)CN1CCOC(COC(=O)c2ccn3cncc3c2)C1. The van der Waals surface area contributed by atoms with Crippen LogP contribution in [0, 0.1) is 5.92 Å². The van der Waals surface area contributed by atoms with Gasteiger partial charge in [-0.05, 0) is 18.1 Å². The van der Waals surface area contributed by atoms with Crippen molar-refractivity contribution in [1.82, 2.24) is 14.3 Å². The first-order chi connectivity index (χ1) is 11.1. The summed E-state index contributed by atoms with van der Waals surface area (Å²) in [4.78, 5) is 18.6. The maximum absolute atomic E-state index is 12.2. The van der Waals surface area contributed by atoms with Gasteiger partial charge in [0.1, 0.15) is 12.7 Å². The molecule has 0 bridgehead atoms. The van der Waals surface area contributed by atoms with Crippen LogP contribution < -0.4 is 0 Å². The van der Waals surface area contributed by atoms with Gasteiger partial charge < -0.3 is 13.9 Å². The number of hydrogen-bond donors (Lipinski definition) is 0. The highest BCUT2D eigenvalue weighted by Gasteiger charge is 2.22. The van der Waals surface area contributed by atoms with Gasteiger partial charge in [0.25, 0.3) is 0 Å². The average Bonchev–Trinajstić information content (AvgIpc) is 3.00. The summed E-state index contributed by atoms with van der Waals surface area (Å²) < 4.78 is 13.0. The zero-order valence-corrected chi connectivity index (χ0v) is 13.6. The molecule has 1 unspecified atom stereocenters. The maximum Gasteiger partial charge on any atom is 0.338 e. The van der Waals surface area contributed by atoms with Crippen LogP contribution in [0.2, 0.25) is 0 Å². The van der Waals surface area contributed by atoms with Crippen LogP contribution in [0.4, 0.5) is 0 Å². The molecule has 3 heterocycles. The molecule has 1 aliphatic rings. The summed E-state index contributed by atoms with van der Waals surface area (Å²) in [6.07, 6.45) is 5.17. The summed E-state index contributed by atoms with van der Waals surface area (Å²) in [7, 11) is 0. The van der Waals surface area contributed by atoms with E-state index < -0.39 is 0 Å². The van der Waals surface area contributed by atoms with Crippen LogP contribution in [0.15, 0.2) is 30.9 Å². The second kappa shape index (κ2) is 7.10. The van der Waals surface area contributed by atoms with Crippen molar-refractivity contribution in [2.24, 2.45) is 5.92 Å². The van der Waals surface area contributed by atoms with Crippen molar-refractivity contribution < 1.29 is 14.3 Å². The zero-order chi connectivity index (χ0) is 16.2. The minimum atomic E-state index is -0.321. The van der Waals surface area contributed by atoms with E-state index in [-0.39, 0.29) is 18.7 Å². The van der Waals surface area contributed by atoms with Crippen molar-refractivity contribution in [1.29, 1.82) is 0 Å². The van der Waals surface area contributed by atoms with Crippen molar-refractivity contribution in [3.63, 3.8) is 0 Å². The third-order valence-electron chi connectivity index (χ3n) is 3.90. The fraction of sp³-hybridized carbons (Fsp3) is 0.529. The molecule has 23 heavy (non-hydrogen) atoms. The van der Waals surface area contributed by atoms with Crippen LogP contribution >= 0.6 is 0 Å². The van der Waals surface area contributed by atoms with Crippen LogP contribution in [-0.2, 0) is 9.47 Å². The number of imidazole rings is 1. The Morgan fingerprint density at radius 2 is 2.39 bits per heavy atom. The van der Waals surface area contributed by atoms with E-state index in [0.29, 0.717) is 18.1 Å². The highest BCUT2D eigenvalue weighted by Crippen LogP contribution is 2.11. The Bertz CT molecular complexity index is 668. The molecule has 0 amide bonds. The molecular weight excluding hydrogens is 294 g/mol. The molecule has 2 aromatic heterocycles. The number of morpholine rings is 1. The second-order valence-corrected chi connectivity index (χ2v) is 6.39. The van der Waals surface area contributed by atoms with Crippen molar-refractivity contribution in [3.05, 3.63) is 36.4 Å². The van der Waals surface area contributed by atoms with Gasteiger partial charge in [-0.2, -0.15) is 0 Å². The molecule has 1 atom stereocenters. The molecule has 6 heteroatoms. The van der Waals surface area contributed by atoms with Gasteiger partial charge in [0, 0.05) is 25.8 Å². The number of aromatic nitrogens is 2. The Balaban J connectivity index is 1.53. The summed E-state index contributed by atoms with van der Waals surface area (Å²) in [6.45, 7) is 8.20. The standard InChI is InChI=1S/C17H23N3O3/c1-13(2)9-19-5-6-22-16(10-19)11-23-17(21)14-3-4-20-12-18-8-15(20)7-14/h3-4,7-8,12-13,16H,5-6,9-11H2,1-2H3. The normalized spacial score (nSPS) is 19.3. The van der Waals surface area contributed by atoms with Crippen molar-refractivity contribution in [2.75, 3.05) is 32.8 Å². The van der Waals surface area contributed by atoms with Gasteiger partial charge in [-0.25, -0.2) is 9.78 Å². The molecule has 0 spiro atoms. The number of pyridine rings is 1. The molecule has 1 aliphatic heterocycles. The number of hydrogen-bond acceptors (Lipinski definition) is 5. The first kappa shape index (κ1) is 16.0. The van der Waals surface area contributed by atoms with Gasteiger partial charge in [0.2, 0.25) is 0 Å². The molecule has 6 nitrogen and oxygen atoms in total. The van der Waals surface area contributed by atoms with Gasteiger partial charge in [0.15, 0.2) is 0 Å². The third-order valence-corrected chi connectivity index (χ3v) is 3.90. The number of rotatable bonds is 5. The topological polar surface area (TPSA) is 56.1 Å². The fourth-order valence-corrected chi connectivity index (χ4v) is 2.86. The third kappa shape index (κ3) is 4.09. The Kier molecular flexibility index (Phi) is 4.93. The molecule has 0 aliphatic carbocycles. The van der Waals surface area contributed by atoms with E-state index in [9.17, 15) is 4.79 Å². The molecule has 0 aromatic carbocycles. The van der Waals surface area contributed by atoms with E-state index in [1.165, 1.54) is 0 Å². The summed E-state index contributed by atoms with van der Waals surface area (Å²) in [5, 5.41) is 0. The monoisotopic (exact) mass is 317 g/mol. The first-order valence-electron chi connectivity index (χ1n) is 8.04. The van der Waals surface area contributed by atoms with E-state index >= 15 is 0 Å². The number of carbonyl (C=O) groups is 1. The largest absolute Gasteiger partial charge is 0.459 e. The van der Waals surface area contributed by atoms with E-state index in [2.05, 4.69) is 23.7 Å². The van der Waals surface area contributed by atoms with Crippen LogP contribution in [0.5, 0.6) is 0 Å². The quantitative estimate of drug-likeness (QED) is 0.788. The minimum absolute atomic E-state index is 0.0508. The van der Waals surface area contributed by atoms with E-state index in [1.807, 2.05) is 4.40 Å². The number of ether oxygens (including phenoxy) is 2. The lowest BCUT2D eigenvalue weighted by molar-refractivity contribution is -0.0612. The molecule has 2 aromatic rings. The summed E-state index contributed by atoms with van der Waals surface area (Å²) in [6, 6.07) is 3.52. The fourth-order valence-electron chi connectivity index (χ4n) is 2.86. The Hall–Kier alpha value is -1.92. The molecule has 0 N–H and O–H groups in total. The average molecular weight is 317 g/mol. The van der Waals surface area contributed by atoms with Crippen molar-refractivity contribution >= 4 is 11.5 Å². The molecule has 1 saturated heterocycles. The highest BCUT2D eigenvalue weighted by atomic mass is 16.6. The smallest absolute Gasteiger partial charge is 0.338 e. The van der Waals surface area contributed by atoms with Gasteiger partial charge in [-0.1, -0.05) is 13.8 Å². The van der Waals surface area contributed by atoms with Gasteiger partial charge in [-0.3, -0.25) is 4.90 Å². The molecule has 0 saturated carbocycles. The highest BCUT2D eigenvalue weighted by molar-refractivity contribution is 5.90. The van der Waals surface area contributed by atoms with Crippen molar-refractivity contribution in [2.45, 2.75) is 20.0 Å². The van der Waals surface area contributed by atoms with Crippen LogP contribution in [0.3, 0.4) is 0 Å². The molecular formula is C17H23N3O3. The molecule has 1 fully saturated rings. The van der Waals surface area contributed by atoms with E-state index in [0.717, 1.165) is 25.2 Å². The number of nitrogens with zero attached hydrogens (tertiary/aromatic N) is 3. The maximum atomic E-state index is 12.2. The lowest BCUT2D eigenvalue weighted by Crippen LogP contribution is -2.45. The van der Waals surface area contributed by atoms with Crippen LogP contribution in [0.1, 0.15) is 24.2 Å². The van der Waals surface area contributed by atoms with Gasteiger partial charge in [0.05, 0.1) is 30.2 Å². The second-order valence-electron chi connectivity index (χ2n) is 6.39. The predicted molar refractivity (Wildman–Crippen MR) is 86.5 cm³/mol. The molecule has 0 radical (unpaired) electrons.